The molecular formula is C11H11FO. The largest absolute Gasteiger partial charge is 0.364 e. The van der Waals surface area contributed by atoms with E-state index in [9.17, 15) is 4.39 Å². The Morgan fingerprint density at radius 1 is 1.31 bits per heavy atom. The van der Waals surface area contributed by atoms with Crippen LogP contribution in [0, 0.1) is 11.7 Å². The van der Waals surface area contributed by atoms with Crippen molar-refractivity contribution in [1.29, 1.82) is 0 Å². The molecule has 1 atom stereocenters. The van der Waals surface area contributed by atoms with E-state index in [1.807, 2.05) is 12.1 Å². The van der Waals surface area contributed by atoms with Gasteiger partial charge >= 0.3 is 0 Å². The predicted molar refractivity (Wildman–Crippen MR) is 46.8 cm³/mol. The third kappa shape index (κ3) is 1.02. The van der Waals surface area contributed by atoms with E-state index in [0.29, 0.717) is 12.5 Å². The molecule has 13 heavy (non-hydrogen) atoms. The van der Waals surface area contributed by atoms with Crippen molar-refractivity contribution >= 4 is 0 Å². The van der Waals surface area contributed by atoms with Gasteiger partial charge in [-0.3, -0.25) is 0 Å². The second kappa shape index (κ2) is 2.32. The highest BCUT2D eigenvalue weighted by molar-refractivity contribution is 5.31. The average molecular weight is 178 g/mol. The van der Waals surface area contributed by atoms with Gasteiger partial charge < -0.3 is 4.74 Å². The molecular weight excluding hydrogens is 167 g/mol. The fourth-order valence-electron chi connectivity index (χ4n) is 2.04. The maximum atomic E-state index is 13.4. The van der Waals surface area contributed by atoms with Crippen LogP contribution in [0.3, 0.4) is 0 Å². The lowest BCUT2D eigenvalue weighted by atomic mass is 9.94. The third-order valence-corrected chi connectivity index (χ3v) is 3.02. The summed E-state index contributed by atoms with van der Waals surface area (Å²) >= 11 is 0. The van der Waals surface area contributed by atoms with E-state index in [0.717, 1.165) is 5.56 Å². The molecule has 1 nitrogen and oxygen atoms in total. The zero-order chi connectivity index (χ0) is 8.89. The quantitative estimate of drug-likeness (QED) is 0.634. The minimum Gasteiger partial charge on any atom is -0.364 e. The number of halogens is 1. The molecule has 0 N–H and O–H groups in total. The van der Waals surface area contributed by atoms with Crippen molar-refractivity contribution in [2.45, 2.75) is 18.4 Å². The molecule has 1 aromatic rings. The molecule has 3 rings (SSSR count). The Hall–Kier alpha value is -0.890. The first-order valence-corrected chi connectivity index (χ1v) is 4.72. The van der Waals surface area contributed by atoms with Crippen molar-refractivity contribution in [3.05, 3.63) is 35.6 Å². The molecule has 1 saturated heterocycles. The minimum absolute atomic E-state index is 0.119. The molecule has 1 heterocycles. The van der Waals surface area contributed by atoms with Gasteiger partial charge in [-0.2, -0.15) is 0 Å². The molecule has 1 saturated carbocycles. The fourth-order valence-corrected chi connectivity index (χ4v) is 2.04. The fraction of sp³-hybridized carbons (Fsp3) is 0.455. The Morgan fingerprint density at radius 3 is 2.54 bits per heavy atom. The molecule has 2 fully saturated rings. The van der Waals surface area contributed by atoms with Gasteiger partial charge in [0.1, 0.15) is 11.4 Å². The van der Waals surface area contributed by atoms with Crippen LogP contribution < -0.4 is 0 Å². The number of epoxide rings is 1. The zero-order valence-electron chi connectivity index (χ0n) is 7.29. The zero-order valence-corrected chi connectivity index (χ0v) is 7.29. The van der Waals surface area contributed by atoms with Crippen LogP contribution in [0.15, 0.2) is 24.3 Å². The predicted octanol–water partition coefficient (Wildman–Crippen LogP) is 2.46. The van der Waals surface area contributed by atoms with Gasteiger partial charge in [0.25, 0.3) is 0 Å². The smallest absolute Gasteiger partial charge is 0.129 e. The van der Waals surface area contributed by atoms with Gasteiger partial charge in [-0.15, -0.1) is 0 Å². The summed E-state index contributed by atoms with van der Waals surface area (Å²) in [5.41, 5.74) is 0.531. The van der Waals surface area contributed by atoms with E-state index < -0.39 is 0 Å². The number of rotatable bonds is 2. The van der Waals surface area contributed by atoms with Crippen molar-refractivity contribution in [2.75, 3.05) is 6.61 Å². The summed E-state index contributed by atoms with van der Waals surface area (Å²) in [6, 6.07) is 6.97. The molecule has 1 aliphatic carbocycles. The summed E-state index contributed by atoms with van der Waals surface area (Å²) in [5.74, 6) is 0.455. The topological polar surface area (TPSA) is 12.5 Å². The van der Waals surface area contributed by atoms with Gasteiger partial charge in [-0.05, 0) is 24.8 Å². The number of hydrogen-bond donors (Lipinski definition) is 0. The Labute approximate surface area is 76.5 Å². The van der Waals surface area contributed by atoms with Crippen LogP contribution in [0.5, 0.6) is 0 Å². The minimum atomic E-state index is -0.231. The second-order valence-electron chi connectivity index (χ2n) is 3.93. The Balaban J connectivity index is 2.04. The molecule has 1 aromatic carbocycles. The summed E-state index contributed by atoms with van der Waals surface area (Å²) in [5, 5.41) is 0. The summed E-state index contributed by atoms with van der Waals surface area (Å²) in [6.45, 7) is 0.707. The van der Waals surface area contributed by atoms with Gasteiger partial charge in [-0.25, -0.2) is 4.39 Å². The first-order chi connectivity index (χ1) is 6.33. The van der Waals surface area contributed by atoms with Crippen LogP contribution in [0.1, 0.15) is 18.4 Å². The van der Waals surface area contributed by atoms with Crippen LogP contribution in [-0.4, -0.2) is 6.61 Å². The Bertz CT molecular complexity index is 340. The van der Waals surface area contributed by atoms with E-state index in [1.165, 1.54) is 18.9 Å². The van der Waals surface area contributed by atoms with E-state index in [2.05, 4.69) is 0 Å². The second-order valence-corrected chi connectivity index (χ2v) is 3.93. The maximum absolute atomic E-state index is 13.4. The summed E-state index contributed by atoms with van der Waals surface area (Å²) < 4.78 is 18.9. The molecule has 0 bridgehead atoms. The summed E-state index contributed by atoms with van der Waals surface area (Å²) in [7, 11) is 0. The van der Waals surface area contributed by atoms with Gasteiger partial charge in [0.05, 0.1) is 6.61 Å². The molecule has 0 spiro atoms. The van der Waals surface area contributed by atoms with E-state index >= 15 is 0 Å². The van der Waals surface area contributed by atoms with Crippen LogP contribution in [0.2, 0.25) is 0 Å². The van der Waals surface area contributed by atoms with Gasteiger partial charge in [0.2, 0.25) is 0 Å². The maximum Gasteiger partial charge on any atom is 0.129 e. The van der Waals surface area contributed by atoms with Crippen LogP contribution in [0.4, 0.5) is 4.39 Å². The number of ether oxygens (including phenoxy) is 1. The highest BCUT2D eigenvalue weighted by atomic mass is 19.1. The van der Waals surface area contributed by atoms with Crippen molar-refractivity contribution in [3.8, 4) is 0 Å². The first-order valence-electron chi connectivity index (χ1n) is 4.72. The highest BCUT2D eigenvalue weighted by Crippen LogP contribution is 2.56. The Morgan fingerprint density at radius 2 is 2.00 bits per heavy atom. The molecule has 0 amide bonds. The molecule has 2 aliphatic rings. The average Bonchev–Trinajstić information content (AvgIpc) is 3.00. The van der Waals surface area contributed by atoms with E-state index in [4.69, 9.17) is 4.74 Å². The lowest BCUT2D eigenvalue weighted by molar-refractivity contribution is 0.271. The van der Waals surface area contributed by atoms with Crippen LogP contribution >= 0.6 is 0 Å². The molecule has 1 aliphatic heterocycles. The third-order valence-electron chi connectivity index (χ3n) is 3.02. The normalized spacial score (nSPS) is 31.8. The lowest BCUT2D eigenvalue weighted by Crippen LogP contribution is -2.13. The highest BCUT2D eigenvalue weighted by Gasteiger charge is 2.58. The number of benzene rings is 1. The van der Waals surface area contributed by atoms with E-state index in [-0.39, 0.29) is 11.4 Å². The first kappa shape index (κ1) is 7.51. The van der Waals surface area contributed by atoms with Crippen molar-refractivity contribution in [3.63, 3.8) is 0 Å². The van der Waals surface area contributed by atoms with Gasteiger partial charge in [-0.1, -0.05) is 18.2 Å². The van der Waals surface area contributed by atoms with Crippen LogP contribution in [-0.2, 0) is 10.3 Å². The van der Waals surface area contributed by atoms with Crippen molar-refractivity contribution in [2.24, 2.45) is 5.92 Å². The van der Waals surface area contributed by atoms with E-state index in [1.54, 1.807) is 6.07 Å². The van der Waals surface area contributed by atoms with Gasteiger partial charge in [0, 0.05) is 5.56 Å². The SMILES string of the molecule is Fc1ccccc1C1(C2CC2)CO1. The standard InChI is InChI=1S/C11H11FO/c12-10-4-2-1-3-9(10)11(7-13-11)8-5-6-8/h1-4,8H,5-7H2. The van der Waals surface area contributed by atoms with Crippen molar-refractivity contribution in [1.82, 2.24) is 0 Å². The molecule has 0 aromatic heterocycles. The van der Waals surface area contributed by atoms with Gasteiger partial charge in [0.15, 0.2) is 0 Å². The Kier molecular flexibility index (Phi) is 1.34. The molecule has 2 heteroatoms. The van der Waals surface area contributed by atoms with Crippen molar-refractivity contribution < 1.29 is 9.13 Å². The summed E-state index contributed by atoms with van der Waals surface area (Å²) in [4.78, 5) is 0. The van der Waals surface area contributed by atoms with Crippen LogP contribution in [0.25, 0.3) is 0 Å². The number of hydrogen-bond acceptors (Lipinski definition) is 1. The molecule has 0 radical (unpaired) electrons. The lowest BCUT2D eigenvalue weighted by Gasteiger charge is -2.11. The summed E-state index contributed by atoms with van der Waals surface area (Å²) in [6.07, 6.45) is 2.38. The molecule has 68 valence electrons. The molecule has 1 unspecified atom stereocenters. The monoisotopic (exact) mass is 178 g/mol.